The van der Waals surface area contributed by atoms with E-state index in [4.69, 9.17) is 4.74 Å². The molecule has 0 amide bonds. The Hall–Kier alpha value is -3.01. The van der Waals surface area contributed by atoms with Crippen LogP contribution in [0.2, 0.25) is 0 Å². The summed E-state index contributed by atoms with van der Waals surface area (Å²) in [6.07, 6.45) is 0.472. The number of hydrogen-bond donors (Lipinski definition) is 2. The maximum atomic E-state index is 13.2. The van der Waals surface area contributed by atoms with E-state index < -0.39 is 40.5 Å². The van der Waals surface area contributed by atoms with Crippen molar-refractivity contribution < 1.29 is 27.9 Å². The van der Waals surface area contributed by atoms with Gasteiger partial charge in [0.25, 0.3) is 0 Å². The first-order valence-corrected chi connectivity index (χ1v) is 10.8. The lowest BCUT2D eigenvalue weighted by atomic mass is 10.1. The van der Waals surface area contributed by atoms with E-state index in [1.165, 1.54) is 12.1 Å². The van der Waals surface area contributed by atoms with E-state index in [2.05, 4.69) is 4.98 Å². The standard InChI is InChI=1S/C21H20N2O6S/c24-16-11-19(21(26)29-13-20(25)18-6-3-9-22-18)23(12-16)30(27,28)17-8-7-14-4-1-2-5-15(14)10-17/h1-10,16,19,22,24H,11-13H2/t16-,19-/m0/s1. The number of esters is 1. The molecular weight excluding hydrogens is 408 g/mol. The van der Waals surface area contributed by atoms with Gasteiger partial charge >= 0.3 is 5.97 Å². The number of ether oxygens (including phenoxy) is 1. The van der Waals surface area contributed by atoms with Gasteiger partial charge in [-0.1, -0.05) is 30.3 Å². The van der Waals surface area contributed by atoms with Crippen LogP contribution < -0.4 is 0 Å². The molecule has 0 unspecified atom stereocenters. The molecule has 1 aliphatic rings. The number of sulfonamides is 1. The van der Waals surface area contributed by atoms with Crippen LogP contribution in [0.3, 0.4) is 0 Å². The van der Waals surface area contributed by atoms with Gasteiger partial charge in [0.15, 0.2) is 6.61 Å². The van der Waals surface area contributed by atoms with E-state index >= 15 is 0 Å². The molecule has 1 aromatic heterocycles. The molecule has 156 valence electrons. The zero-order valence-corrected chi connectivity index (χ0v) is 16.7. The van der Waals surface area contributed by atoms with Crippen molar-refractivity contribution >= 4 is 32.5 Å². The number of rotatable bonds is 6. The first-order valence-electron chi connectivity index (χ1n) is 9.38. The zero-order valence-electron chi connectivity index (χ0n) is 15.9. The summed E-state index contributed by atoms with van der Waals surface area (Å²) in [4.78, 5) is 27.3. The monoisotopic (exact) mass is 428 g/mol. The summed E-state index contributed by atoms with van der Waals surface area (Å²) >= 11 is 0. The third kappa shape index (κ3) is 3.87. The molecule has 0 aliphatic carbocycles. The number of H-pyrrole nitrogens is 1. The van der Waals surface area contributed by atoms with Crippen LogP contribution in [0.25, 0.3) is 10.8 Å². The lowest BCUT2D eigenvalue weighted by Gasteiger charge is -2.22. The second-order valence-electron chi connectivity index (χ2n) is 7.10. The van der Waals surface area contributed by atoms with Gasteiger partial charge in [0.2, 0.25) is 15.8 Å². The Morgan fingerprint density at radius 3 is 2.60 bits per heavy atom. The molecule has 0 bridgehead atoms. The minimum Gasteiger partial charge on any atom is -0.456 e. The van der Waals surface area contributed by atoms with Crippen LogP contribution in [0.5, 0.6) is 0 Å². The lowest BCUT2D eigenvalue weighted by molar-refractivity contribution is -0.146. The van der Waals surface area contributed by atoms with Crippen molar-refractivity contribution in [3.8, 4) is 0 Å². The SMILES string of the molecule is O=C(COC(=O)[C@@H]1C[C@H](O)CN1S(=O)(=O)c1ccc2ccccc2c1)c1ccc[nH]1. The minimum atomic E-state index is -4.06. The van der Waals surface area contributed by atoms with Gasteiger partial charge in [-0.05, 0) is 35.0 Å². The minimum absolute atomic E-state index is 0.0237. The van der Waals surface area contributed by atoms with E-state index in [9.17, 15) is 23.1 Å². The van der Waals surface area contributed by atoms with Crippen LogP contribution in [0.1, 0.15) is 16.9 Å². The van der Waals surface area contributed by atoms with E-state index in [-0.39, 0.29) is 23.6 Å². The Bertz CT molecular complexity index is 1190. The highest BCUT2D eigenvalue weighted by Gasteiger charge is 2.44. The Balaban J connectivity index is 1.54. The van der Waals surface area contributed by atoms with Crippen LogP contribution in [0.4, 0.5) is 0 Å². The number of fused-ring (bicyclic) bond motifs is 1. The smallest absolute Gasteiger partial charge is 0.325 e. The lowest BCUT2D eigenvalue weighted by Crippen LogP contribution is -2.41. The van der Waals surface area contributed by atoms with Gasteiger partial charge in [-0.2, -0.15) is 4.31 Å². The van der Waals surface area contributed by atoms with E-state index in [1.807, 2.05) is 12.1 Å². The summed E-state index contributed by atoms with van der Waals surface area (Å²) in [6, 6.07) is 14.0. The van der Waals surface area contributed by atoms with Crippen molar-refractivity contribution in [2.45, 2.75) is 23.5 Å². The molecule has 2 heterocycles. The van der Waals surface area contributed by atoms with E-state index in [0.29, 0.717) is 0 Å². The van der Waals surface area contributed by atoms with Gasteiger partial charge in [-0.15, -0.1) is 0 Å². The molecular formula is C21H20N2O6S. The number of carbonyl (C=O) groups excluding carboxylic acids is 2. The second-order valence-corrected chi connectivity index (χ2v) is 8.99. The number of nitrogens with one attached hydrogen (secondary N) is 1. The molecule has 0 saturated carbocycles. The Morgan fingerprint density at radius 2 is 1.87 bits per heavy atom. The molecule has 4 rings (SSSR count). The highest BCUT2D eigenvalue weighted by molar-refractivity contribution is 7.89. The number of nitrogens with zero attached hydrogens (tertiary/aromatic N) is 1. The van der Waals surface area contributed by atoms with Gasteiger partial charge < -0.3 is 14.8 Å². The molecule has 2 N–H and O–H groups in total. The number of ketones is 1. The van der Waals surface area contributed by atoms with E-state index in [1.54, 1.807) is 36.5 Å². The molecule has 2 aromatic carbocycles. The molecule has 30 heavy (non-hydrogen) atoms. The fourth-order valence-corrected chi connectivity index (χ4v) is 5.20. The third-order valence-corrected chi connectivity index (χ3v) is 6.95. The third-order valence-electron chi connectivity index (χ3n) is 5.08. The maximum absolute atomic E-state index is 13.2. The molecule has 9 heteroatoms. The quantitative estimate of drug-likeness (QED) is 0.456. The molecule has 1 aliphatic heterocycles. The van der Waals surface area contributed by atoms with Crippen molar-refractivity contribution in [1.82, 2.24) is 9.29 Å². The van der Waals surface area contributed by atoms with Crippen LogP contribution >= 0.6 is 0 Å². The molecule has 0 spiro atoms. The number of aliphatic hydroxyl groups excluding tert-OH is 1. The van der Waals surface area contributed by atoms with Gasteiger partial charge in [-0.25, -0.2) is 8.42 Å². The molecule has 1 saturated heterocycles. The van der Waals surface area contributed by atoms with Gasteiger partial charge in [-0.3, -0.25) is 9.59 Å². The number of aromatic amines is 1. The predicted octanol–water partition coefficient (Wildman–Crippen LogP) is 1.72. The van der Waals surface area contributed by atoms with Crippen molar-refractivity contribution in [3.05, 3.63) is 66.5 Å². The van der Waals surface area contributed by atoms with Crippen LogP contribution in [0, 0.1) is 0 Å². The van der Waals surface area contributed by atoms with Gasteiger partial charge in [0.05, 0.1) is 16.7 Å². The fourth-order valence-electron chi connectivity index (χ4n) is 3.54. The first-order chi connectivity index (χ1) is 14.4. The van der Waals surface area contributed by atoms with Crippen molar-refractivity contribution in [3.63, 3.8) is 0 Å². The normalized spacial score (nSPS) is 19.8. The fraction of sp³-hybridized carbons (Fsp3) is 0.238. The number of carbonyl (C=O) groups is 2. The highest BCUT2D eigenvalue weighted by Crippen LogP contribution is 2.29. The Morgan fingerprint density at radius 1 is 1.10 bits per heavy atom. The summed E-state index contributed by atoms with van der Waals surface area (Å²) in [5.41, 5.74) is 0.287. The number of Topliss-reactive ketones (excluding diaryl/α,β-unsaturated/α-hetero) is 1. The second kappa shape index (κ2) is 8.02. The summed E-state index contributed by atoms with van der Waals surface area (Å²) < 4.78 is 32.4. The topological polar surface area (TPSA) is 117 Å². The number of benzene rings is 2. The van der Waals surface area contributed by atoms with E-state index in [0.717, 1.165) is 15.1 Å². The molecule has 1 fully saturated rings. The molecule has 0 radical (unpaired) electrons. The first kappa shape index (κ1) is 20.3. The maximum Gasteiger partial charge on any atom is 0.325 e. The largest absolute Gasteiger partial charge is 0.456 e. The van der Waals surface area contributed by atoms with Crippen molar-refractivity contribution in [2.24, 2.45) is 0 Å². The average molecular weight is 428 g/mol. The number of β-amino-alcohol motifs (C(OH)–C–C–N with tert-alkyl or cyclic N) is 1. The van der Waals surface area contributed by atoms with Gasteiger partial charge in [0, 0.05) is 19.2 Å². The highest BCUT2D eigenvalue weighted by atomic mass is 32.2. The van der Waals surface area contributed by atoms with Crippen molar-refractivity contribution in [1.29, 1.82) is 0 Å². The predicted molar refractivity (Wildman–Crippen MR) is 108 cm³/mol. The number of hydrogen-bond acceptors (Lipinski definition) is 6. The van der Waals surface area contributed by atoms with Crippen LogP contribution in [-0.4, -0.2) is 59.9 Å². The van der Waals surface area contributed by atoms with Crippen molar-refractivity contribution in [2.75, 3.05) is 13.2 Å². The summed E-state index contributed by atoms with van der Waals surface area (Å²) in [5.74, 6) is -1.30. The van der Waals surface area contributed by atoms with Crippen LogP contribution in [-0.2, 0) is 19.6 Å². The van der Waals surface area contributed by atoms with Crippen LogP contribution in [0.15, 0.2) is 65.7 Å². The Labute approximate surface area is 173 Å². The molecule has 8 nitrogen and oxygen atoms in total. The number of aliphatic hydroxyl groups is 1. The van der Waals surface area contributed by atoms with Gasteiger partial charge in [0.1, 0.15) is 6.04 Å². The average Bonchev–Trinajstić information content (AvgIpc) is 3.41. The summed E-state index contributed by atoms with van der Waals surface area (Å²) in [5, 5.41) is 11.7. The zero-order chi connectivity index (χ0) is 21.3. The summed E-state index contributed by atoms with van der Waals surface area (Å²) in [6.45, 7) is -0.741. The summed E-state index contributed by atoms with van der Waals surface area (Å²) in [7, 11) is -4.06. The number of aromatic nitrogens is 1. The molecule has 2 atom stereocenters. The molecule has 3 aromatic rings. The Kier molecular flexibility index (Phi) is 5.42.